The van der Waals surface area contributed by atoms with E-state index >= 15 is 0 Å². The molecule has 0 radical (unpaired) electrons. The van der Waals surface area contributed by atoms with Crippen LogP contribution in [0.15, 0.2) is 30.3 Å². The smallest absolute Gasteiger partial charge is 0.258 e. The van der Waals surface area contributed by atoms with Crippen LogP contribution < -0.4 is 15.8 Å². The van der Waals surface area contributed by atoms with E-state index in [4.69, 9.17) is 10.5 Å². The van der Waals surface area contributed by atoms with Crippen LogP contribution in [0.1, 0.15) is 34.8 Å². The second-order valence-corrected chi connectivity index (χ2v) is 7.10. The van der Waals surface area contributed by atoms with Crippen LogP contribution in [0.3, 0.4) is 0 Å². The molecule has 5 N–H and O–H groups in total. The number of ether oxygens (including phenoxy) is 1. The molecule has 29 heavy (non-hydrogen) atoms. The predicted molar refractivity (Wildman–Crippen MR) is 111 cm³/mol. The third-order valence-electron chi connectivity index (χ3n) is 5.06. The van der Waals surface area contributed by atoms with Crippen LogP contribution in [-0.2, 0) is 13.1 Å². The van der Waals surface area contributed by atoms with Gasteiger partial charge in [-0.15, -0.1) is 0 Å². The summed E-state index contributed by atoms with van der Waals surface area (Å²) in [5, 5.41) is 21.4. The van der Waals surface area contributed by atoms with Gasteiger partial charge in [-0.2, -0.15) is 5.10 Å². The Kier molecular flexibility index (Phi) is 5.26. The molecule has 0 spiro atoms. The van der Waals surface area contributed by atoms with Crippen LogP contribution in [0.25, 0.3) is 10.9 Å². The molecule has 0 saturated heterocycles. The molecular formula is C21H25N5O3. The van der Waals surface area contributed by atoms with Crippen LogP contribution >= 0.6 is 0 Å². The van der Waals surface area contributed by atoms with Crippen molar-refractivity contribution in [3.8, 4) is 11.5 Å². The van der Waals surface area contributed by atoms with E-state index in [1.54, 1.807) is 17.0 Å². The van der Waals surface area contributed by atoms with Gasteiger partial charge in [0.1, 0.15) is 11.5 Å². The highest BCUT2D eigenvalue weighted by atomic mass is 16.5. The van der Waals surface area contributed by atoms with E-state index in [1.807, 2.05) is 25.1 Å². The van der Waals surface area contributed by atoms with E-state index in [9.17, 15) is 9.90 Å². The lowest BCUT2D eigenvalue weighted by Gasteiger charge is -2.16. The number of nitrogens with two attached hydrogens (primary N) is 1. The van der Waals surface area contributed by atoms with Crippen LogP contribution in [0.5, 0.6) is 11.5 Å². The van der Waals surface area contributed by atoms with Crippen LogP contribution in [-0.4, -0.2) is 45.8 Å². The average molecular weight is 395 g/mol. The fraction of sp³-hybridized carbons (Fsp3) is 0.333. The second kappa shape index (κ2) is 8.00. The average Bonchev–Trinajstić information content (AvgIpc) is 3.31. The fourth-order valence-corrected chi connectivity index (χ4v) is 3.57. The number of carbonyl (C=O) groups is 1. The molecule has 1 aliphatic rings. The summed E-state index contributed by atoms with van der Waals surface area (Å²) in [6, 6.07) is 9.12. The molecule has 152 valence electrons. The van der Waals surface area contributed by atoms with Gasteiger partial charge in [-0.25, -0.2) is 0 Å². The molecule has 0 unspecified atom stereocenters. The number of aromatic nitrogens is 2. The molecule has 0 bridgehead atoms. The summed E-state index contributed by atoms with van der Waals surface area (Å²) >= 11 is 0. The largest absolute Gasteiger partial charge is 0.507 e. The Labute approximate surface area is 168 Å². The highest BCUT2D eigenvalue weighted by Gasteiger charge is 2.27. The molecule has 8 nitrogen and oxygen atoms in total. The number of amides is 1. The number of hydrogen-bond acceptors (Lipinski definition) is 6. The maximum Gasteiger partial charge on any atom is 0.258 e. The number of nitrogens with zero attached hydrogens (tertiary/aromatic N) is 2. The van der Waals surface area contributed by atoms with Gasteiger partial charge in [-0.3, -0.25) is 9.89 Å². The molecule has 1 aliphatic heterocycles. The summed E-state index contributed by atoms with van der Waals surface area (Å²) in [6.07, 6.45) is 0.798. The number of benzene rings is 2. The molecule has 3 aromatic rings. The predicted octanol–water partition coefficient (Wildman–Crippen LogP) is 2.58. The normalized spacial score (nSPS) is 13.0. The molecule has 1 aromatic heterocycles. The van der Waals surface area contributed by atoms with Crippen molar-refractivity contribution in [1.29, 1.82) is 0 Å². The molecule has 2 aromatic carbocycles. The van der Waals surface area contributed by atoms with Crippen LogP contribution in [0, 0.1) is 0 Å². The number of carbonyl (C=O) groups excluding carboxylic acids is 1. The van der Waals surface area contributed by atoms with Gasteiger partial charge in [0.15, 0.2) is 5.82 Å². The van der Waals surface area contributed by atoms with E-state index in [2.05, 4.69) is 15.5 Å². The molecular weight excluding hydrogens is 370 g/mol. The summed E-state index contributed by atoms with van der Waals surface area (Å²) in [4.78, 5) is 14.9. The van der Waals surface area contributed by atoms with Gasteiger partial charge in [-0.1, -0.05) is 6.07 Å². The van der Waals surface area contributed by atoms with Gasteiger partial charge in [-0.05, 0) is 49.2 Å². The number of rotatable bonds is 7. The summed E-state index contributed by atoms with van der Waals surface area (Å²) in [5.74, 6) is 1.18. The lowest BCUT2D eigenvalue weighted by atomic mass is 10.1. The Morgan fingerprint density at radius 2 is 2.14 bits per heavy atom. The quantitative estimate of drug-likeness (QED) is 0.457. The van der Waals surface area contributed by atoms with Gasteiger partial charge in [0.2, 0.25) is 0 Å². The SMILES string of the molecule is CCNc1n[nH]c2cc(O)c(C(=O)N3Cc4ccc(OCCCN)cc4C3)cc12. The molecule has 2 heterocycles. The highest BCUT2D eigenvalue weighted by molar-refractivity contribution is 6.03. The zero-order chi connectivity index (χ0) is 20.4. The Balaban J connectivity index is 1.55. The summed E-state index contributed by atoms with van der Waals surface area (Å²) < 4.78 is 5.71. The Bertz CT molecular complexity index is 1050. The third-order valence-corrected chi connectivity index (χ3v) is 5.06. The number of phenols is 1. The van der Waals surface area contributed by atoms with Crippen molar-refractivity contribution in [2.45, 2.75) is 26.4 Å². The first kappa shape index (κ1) is 19.1. The number of fused-ring (bicyclic) bond motifs is 2. The van der Waals surface area contributed by atoms with E-state index in [1.165, 1.54) is 0 Å². The summed E-state index contributed by atoms with van der Waals surface area (Å²) in [6.45, 7) is 4.83. The van der Waals surface area contributed by atoms with Crippen molar-refractivity contribution in [3.05, 3.63) is 47.0 Å². The summed E-state index contributed by atoms with van der Waals surface area (Å²) in [7, 11) is 0. The van der Waals surface area contributed by atoms with Gasteiger partial charge in [0.25, 0.3) is 5.91 Å². The van der Waals surface area contributed by atoms with Crippen molar-refractivity contribution in [2.75, 3.05) is 25.0 Å². The third kappa shape index (κ3) is 3.71. The molecule has 0 aliphatic carbocycles. The lowest BCUT2D eigenvalue weighted by molar-refractivity contribution is 0.0748. The topological polar surface area (TPSA) is 116 Å². The molecule has 0 saturated carbocycles. The zero-order valence-electron chi connectivity index (χ0n) is 16.4. The number of H-pyrrole nitrogens is 1. The monoisotopic (exact) mass is 395 g/mol. The maximum absolute atomic E-state index is 13.1. The molecule has 0 atom stereocenters. The van der Waals surface area contributed by atoms with Crippen LogP contribution in [0.2, 0.25) is 0 Å². The lowest BCUT2D eigenvalue weighted by Crippen LogP contribution is -2.25. The second-order valence-electron chi connectivity index (χ2n) is 7.10. The maximum atomic E-state index is 13.1. The van der Waals surface area contributed by atoms with Crippen molar-refractivity contribution in [2.24, 2.45) is 5.73 Å². The van der Waals surface area contributed by atoms with E-state index in [-0.39, 0.29) is 17.2 Å². The molecule has 0 fully saturated rings. The molecule has 4 rings (SSSR count). The highest BCUT2D eigenvalue weighted by Crippen LogP contribution is 2.32. The minimum atomic E-state index is -0.213. The Hall–Kier alpha value is -3.26. The van der Waals surface area contributed by atoms with Crippen molar-refractivity contribution < 1.29 is 14.6 Å². The van der Waals surface area contributed by atoms with Gasteiger partial charge >= 0.3 is 0 Å². The number of anilines is 1. The van der Waals surface area contributed by atoms with E-state index in [0.29, 0.717) is 44.1 Å². The van der Waals surface area contributed by atoms with Gasteiger partial charge in [0.05, 0.1) is 17.7 Å². The Morgan fingerprint density at radius 3 is 2.93 bits per heavy atom. The fourth-order valence-electron chi connectivity index (χ4n) is 3.57. The van der Waals surface area contributed by atoms with Crippen molar-refractivity contribution in [1.82, 2.24) is 15.1 Å². The first-order chi connectivity index (χ1) is 14.1. The van der Waals surface area contributed by atoms with Gasteiger partial charge < -0.3 is 25.8 Å². The first-order valence-corrected chi connectivity index (χ1v) is 9.79. The molecule has 8 heteroatoms. The van der Waals surface area contributed by atoms with E-state index < -0.39 is 0 Å². The molecule has 1 amide bonds. The Morgan fingerprint density at radius 1 is 1.31 bits per heavy atom. The number of nitrogens with one attached hydrogen (secondary N) is 2. The minimum absolute atomic E-state index is 0.0593. The number of aromatic hydroxyl groups is 1. The standard InChI is InChI=1S/C21H25N5O3/c1-2-23-20-16-9-17(19(27)10-18(16)24-25-20)21(28)26-11-13-4-5-15(8-14(13)12-26)29-7-3-6-22/h4-5,8-10,27H,2-3,6-7,11-12,22H2,1H3,(H2,23,24,25). The summed E-state index contributed by atoms with van der Waals surface area (Å²) in [5.41, 5.74) is 8.59. The number of phenolic OH excluding ortho intramolecular Hbond substituents is 1. The van der Waals surface area contributed by atoms with Crippen molar-refractivity contribution >= 4 is 22.6 Å². The van der Waals surface area contributed by atoms with E-state index in [0.717, 1.165) is 28.7 Å². The van der Waals surface area contributed by atoms with Gasteiger partial charge in [0, 0.05) is 31.1 Å². The van der Waals surface area contributed by atoms with Crippen molar-refractivity contribution in [3.63, 3.8) is 0 Å². The number of aromatic amines is 1. The first-order valence-electron chi connectivity index (χ1n) is 9.79. The van der Waals surface area contributed by atoms with Crippen LogP contribution in [0.4, 0.5) is 5.82 Å². The zero-order valence-corrected chi connectivity index (χ0v) is 16.4. The number of hydrogen-bond donors (Lipinski definition) is 4. The minimum Gasteiger partial charge on any atom is -0.507 e.